The number of hydrogen-bond donors (Lipinski definition) is 0. The minimum atomic E-state index is -0.293. The number of ether oxygens (including phenoxy) is 1. The standard InChI is InChI=1S/C21H24FN3O2/c1-26-20-7-3-2-6-19(20)25-13-11-24(12-14-25)10-4-5-18-17-9-8-16(22)15-21(17)27-23-18/h2-3,6-9,15H,4-5,10-14H2,1H3. The Morgan fingerprint density at radius 2 is 1.93 bits per heavy atom. The molecule has 0 saturated carbocycles. The zero-order chi connectivity index (χ0) is 18.6. The molecule has 2 aromatic carbocycles. The number of anilines is 1. The van der Waals surface area contributed by atoms with Crippen LogP contribution in [0.15, 0.2) is 47.0 Å². The Bertz CT molecular complexity index is 903. The molecule has 6 heteroatoms. The van der Waals surface area contributed by atoms with Crippen molar-refractivity contribution in [3.05, 3.63) is 54.0 Å². The third kappa shape index (κ3) is 3.90. The van der Waals surface area contributed by atoms with E-state index in [9.17, 15) is 4.39 Å². The fraction of sp³-hybridized carbons (Fsp3) is 0.381. The first-order valence-electron chi connectivity index (χ1n) is 9.39. The lowest BCUT2D eigenvalue weighted by atomic mass is 10.1. The Balaban J connectivity index is 1.28. The van der Waals surface area contributed by atoms with Gasteiger partial charge >= 0.3 is 0 Å². The van der Waals surface area contributed by atoms with Gasteiger partial charge in [0.1, 0.15) is 11.6 Å². The second kappa shape index (κ2) is 7.96. The summed E-state index contributed by atoms with van der Waals surface area (Å²) in [6.07, 6.45) is 1.85. The molecule has 2 heterocycles. The molecule has 142 valence electrons. The largest absolute Gasteiger partial charge is 0.495 e. The van der Waals surface area contributed by atoms with E-state index in [4.69, 9.17) is 9.26 Å². The van der Waals surface area contributed by atoms with Crippen LogP contribution in [-0.4, -0.2) is 49.9 Å². The smallest absolute Gasteiger partial charge is 0.170 e. The number of benzene rings is 2. The predicted octanol–water partition coefficient (Wildman–Crippen LogP) is 3.73. The van der Waals surface area contributed by atoms with Crippen LogP contribution in [0.3, 0.4) is 0 Å². The van der Waals surface area contributed by atoms with Crippen LogP contribution in [0.1, 0.15) is 12.1 Å². The van der Waals surface area contributed by atoms with Crippen LogP contribution in [0, 0.1) is 5.82 Å². The van der Waals surface area contributed by atoms with Gasteiger partial charge in [-0.05, 0) is 43.7 Å². The molecule has 1 aliphatic heterocycles. The van der Waals surface area contributed by atoms with Crippen molar-refractivity contribution in [1.29, 1.82) is 0 Å². The van der Waals surface area contributed by atoms with Gasteiger partial charge in [-0.3, -0.25) is 4.90 Å². The van der Waals surface area contributed by atoms with Gasteiger partial charge < -0.3 is 14.2 Å². The average molecular weight is 369 g/mol. The molecule has 0 amide bonds. The highest BCUT2D eigenvalue weighted by atomic mass is 19.1. The normalized spacial score (nSPS) is 15.4. The highest BCUT2D eigenvalue weighted by Gasteiger charge is 2.19. The van der Waals surface area contributed by atoms with Gasteiger partial charge in [-0.1, -0.05) is 17.3 Å². The molecule has 0 atom stereocenters. The van der Waals surface area contributed by atoms with E-state index >= 15 is 0 Å². The zero-order valence-corrected chi connectivity index (χ0v) is 15.5. The van der Waals surface area contributed by atoms with Crippen LogP contribution in [0.2, 0.25) is 0 Å². The fourth-order valence-electron chi connectivity index (χ4n) is 3.72. The topological polar surface area (TPSA) is 41.7 Å². The van der Waals surface area contributed by atoms with Crippen molar-refractivity contribution in [3.8, 4) is 5.75 Å². The molecule has 27 heavy (non-hydrogen) atoms. The van der Waals surface area contributed by atoms with Gasteiger partial charge in [-0.25, -0.2) is 4.39 Å². The third-order valence-corrected chi connectivity index (χ3v) is 5.19. The Labute approximate surface area is 158 Å². The van der Waals surface area contributed by atoms with E-state index in [1.54, 1.807) is 13.2 Å². The lowest BCUT2D eigenvalue weighted by molar-refractivity contribution is 0.253. The zero-order valence-electron chi connectivity index (χ0n) is 15.5. The van der Waals surface area contributed by atoms with Gasteiger partial charge in [0.2, 0.25) is 0 Å². The van der Waals surface area contributed by atoms with Crippen LogP contribution in [0.5, 0.6) is 5.75 Å². The van der Waals surface area contributed by atoms with Gasteiger partial charge in [0.25, 0.3) is 0 Å². The molecule has 4 rings (SSSR count). The summed E-state index contributed by atoms with van der Waals surface area (Å²) in [7, 11) is 1.72. The van der Waals surface area contributed by atoms with Crippen LogP contribution in [0.25, 0.3) is 11.0 Å². The minimum Gasteiger partial charge on any atom is -0.495 e. The number of hydrogen-bond acceptors (Lipinski definition) is 5. The van der Waals surface area contributed by atoms with E-state index in [1.165, 1.54) is 17.8 Å². The average Bonchev–Trinajstić information content (AvgIpc) is 3.10. The highest BCUT2D eigenvalue weighted by Crippen LogP contribution is 2.28. The van der Waals surface area contributed by atoms with Crippen LogP contribution < -0.4 is 9.64 Å². The van der Waals surface area contributed by atoms with E-state index in [2.05, 4.69) is 27.1 Å². The number of rotatable bonds is 6. The summed E-state index contributed by atoms with van der Waals surface area (Å²) < 4.78 is 24.0. The molecule has 0 spiro atoms. The third-order valence-electron chi connectivity index (χ3n) is 5.19. The molecular formula is C21H24FN3O2. The van der Waals surface area contributed by atoms with Crippen LogP contribution in [-0.2, 0) is 6.42 Å². The number of nitrogens with zero attached hydrogens (tertiary/aromatic N) is 3. The quantitative estimate of drug-likeness (QED) is 0.662. The molecule has 0 unspecified atom stereocenters. The number of para-hydroxylation sites is 2. The summed E-state index contributed by atoms with van der Waals surface area (Å²) in [6.45, 7) is 5.07. The Hall–Kier alpha value is -2.60. The molecule has 1 aromatic heterocycles. The summed E-state index contributed by atoms with van der Waals surface area (Å²) >= 11 is 0. The maximum absolute atomic E-state index is 13.2. The van der Waals surface area contributed by atoms with Crippen molar-refractivity contribution in [2.75, 3.05) is 44.7 Å². The summed E-state index contributed by atoms with van der Waals surface area (Å²) in [6, 6.07) is 12.8. The van der Waals surface area contributed by atoms with Crippen molar-refractivity contribution in [2.24, 2.45) is 0 Å². The van der Waals surface area contributed by atoms with E-state index in [1.807, 2.05) is 12.1 Å². The molecule has 1 aliphatic rings. The molecular weight excluding hydrogens is 345 g/mol. The second-order valence-corrected chi connectivity index (χ2v) is 6.87. The molecule has 5 nitrogen and oxygen atoms in total. The summed E-state index contributed by atoms with van der Waals surface area (Å²) in [4.78, 5) is 4.86. The number of aryl methyl sites for hydroxylation is 1. The number of aromatic nitrogens is 1. The maximum Gasteiger partial charge on any atom is 0.170 e. The molecule has 1 fully saturated rings. The van der Waals surface area contributed by atoms with Gasteiger partial charge in [0.05, 0.1) is 18.5 Å². The fourth-order valence-corrected chi connectivity index (χ4v) is 3.72. The maximum atomic E-state index is 13.2. The van der Waals surface area contributed by atoms with Gasteiger partial charge in [-0.15, -0.1) is 0 Å². The van der Waals surface area contributed by atoms with E-state index in [0.717, 1.165) is 62.4 Å². The van der Waals surface area contributed by atoms with E-state index in [-0.39, 0.29) is 5.82 Å². The lowest BCUT2D eigenvalue weighted by Crippen LogP contribution is -2.46. The van der Waals surface area contributed by atoms with E-state index < -0.39 is 0 Å². The van der Waals surface area contributed by atoms with Crippen LogP contribution in [0.4, 0.5) is 10.1 Å². The lowest BCUT2D eigenvalue weighted by Gasteiger charge is -2.36. The Kier molecular flexibility index (Phi) is 5.25. The molecule has 1 saturated heterocycles. The molecule has 0 N–H and O–H groups in total. The second-order valence-electron chi connectivity index (χ2n) is 6.87. The van der Waals surface area contributed by atoms with Gasteiger partial charge in [0, 0.05) is 37.6 Å². The first-order valence-corrected chi connectivity index (χ1v) is 9.39. The monoisotopic (exact) mass is 369 g/mol. The van der Waals surface area contributed by atoms with Crippen LogP contribution >= 0.6 is 0 Å². The number of fused-ring (bicyclic) bond motifs is 1. The first-order chi connectivity index (χ1) is 13.2. The molecule has 3 aromatic rings. The summed E-state index contributed by atoms with van der Waals surface area (Å²) in [5, 5.41) is 5.02. The molecule has 0 radical (unpaired) electrons. The SMILES string of the molecule is COc1ccccc1N1CCN(CCCc2noc3cc(F)ccc23)CC1. The number of methoxy groups -OCH3 is 1. The predicted molar refractivity (Wildman–Crippen MR) is 104 cm³/mol. The summed E-state index contributed by atoms with van der Waals surface area (Å²) in [5.41, 5.74) is 2.61. The van der Waals surface area contributed by atoms with Crippen molar-refractivity contribution in [3.63, 3.8) is 0 Å². The minimum absolute atomic E-state index is 0.293. The summed E-state index contributed by atoms with van der Waals surface area (Å²) in [5.74, 6) is 0.637. The first kappa shape index (κ1) is 17.8. The van der Waals surface area contributed by atoms with Crippen molar-refractivity contribution >= 4 is 16.7 Å². The number of piperazine rings is 1. The molecule has 0 aliphatic carbocycles. The molecule has 0 bridgehead atoms. The van der Waals surface area contributed by atoms with Gasteiger partial charge in [0.15, 0.2) is 5.58 Å². The highest BCUT2D eigenvalue weighted by molar-refractivity contribution is 5.79. The van der Waals surface area contributed by atoms with E-state index in [0.29, 0.717) is 5.58 Å². The van der Waals surface area contributed by atoms with Crippen molar-refractivity contribution < 1.29 is 13.7 Å². The Morgan fingerprint density at radius 3 is 2.74 bits per heavy atom. The Morgan fingerprint density at radius 1 is 1.11 bits per heavy atom. The van der Waals surface area contributed by atoms with Gasteiger partial charge in [-0.2, -0.15) is 0 Å². The van der Waals surface area contributed by atoms with Crippen molar-refractivity contribution in [1.82, 2.24) is 10.1 Å². The number of halogens is 1. The van der Waals surface area contributed by atoms with Crippen molar-refractivity contribution in [2.45, 2.75) is 12.8 Å².